The van der Waals surface area contributed by atoms with E-state index in [0.29, 0.717) is 27.0 Å². The van der Waals surface area contributed by atoms with Gasteiger partial charge in [0, 0.05) is 5.02 Å². The fourth-order valence-corrected chi connectivity index (χ4v) is 5.59. The summed E-state index contributed by atoms with van der Waals surface area (Å²) < 4.78 is 30.0. The average Bonchev–Trinajstić information content (AvgIpc) is 3.07. The van der Waals surface area contributed by atoms with E-state index < -0.39 is 15.9 Å². The zero-order valence-electron chi connectivity index (χ0n) is 19.3. The smallest absolute Gasteiger partial charge is 0.266 e. The van der Waals surface area contributed by atoms with Crippen LogP contribution < -0.4 is 4.72 Å². The molecule has 1 amide bonds. The Hall–Kier alpha value is -2.42. The third-order valence-electron chi connectivity index (χ3n) is 5.38. The van der Waals surface area contributed by atoms with Gasteiger partial charge in [-0.3, -0.25) is 4.79 Å². The highest BCUT2D eigenvalue weighted by atomic mass is 35.5. The number of hydrogen-bond donors (Lipinski definition) is 1. The number of benzene rings is 2. The second-order valence-corrected chi connectivity index (χ2v) is 11.0. The van der Waals surface area contributed by atoms with E-state index >= 15 is 0 Å². The molecule has 7 nitrogen and oxygen atoms in total. The van der Waals surface area contributed by atoms with Crippen molar-refractivity contribution in [1.29, 1.82) is 0 Å². The maximum atomic E-state index is 13.2. The highest BCUT2D eigenvalue weighted by Crippen LogP contribution is 2.30. The first-order chi connectivity index (χ1) is 15.3. The fourth-order valence-electron chi connectivity index (χ4n) is 3.56. The molecule has 1 aromatic heterocycles. The molecule has 1 N–H and O–H groups in total. The van der Waals surface area contributed by atoms with Crippen LogP contribution >= 0.6 is 23.2 Å². The lowest BCUT2D eigenvalue weighted by Gasteiger charge is -2.16. The molecule has 0 atom stereocenters. The van der Waals surface area contributed by atoms with E-state index in [0.717, 1.165) is 11.1 Å². The van der Waals surface area contributed by atoms with Crippen molar-refractivity contribution in [2.75, 3.05) is 0 Å². The predicted octanol–water partition coefficient (Wildman–Crippen LogP) is 5.56. The lowest BCUT2D eigenvalue weighted by molar-refractivity contribution is 0.0976. The molecule has 1 heterocycles. The first-order valence-electron chi connectivity index (χ1n) is 10.4. The molecule has 0 saturated heterocycles. The van der Waals surface area contributed by atoms with Gasteiger partial charge in [0.25, 0.3) is 15.9 Å². The van der Waals surface area contributed by atoms with Crippen molar-refractivity contribution in [2.24, 2.45) is 0 Å². The molecule has 0 aliphatic heterocycles. The van der Waals surface area contributed by atoms with E-state index in [4.69, 9.17) is 23.2 Å². The Bertz CT molecular complexity index is 1310. The van der Waals surface area contributed by atoms with Crippen molar-refractivity contribution in [3.05, 3.63) is 68.5 Å². The van der Waals surface area contributed by atoms with Crippen LogP contribution in [0.25, 0.3) is 5.69 Å². The quantitative estimate of drug-likeness (QED) is 0.470. The van der Waals surface area contributed by atoms with Crippen LogP contribution in [-0.4, -0.2) is 29.3 Å². The minimum absolute atomic E-state index is 0.0504. The summed E-state index contributed by atoms with van der Waals surface area (Å²) in [4.78, 5) is 13.0. The van der Waals surface area contributed by atoms with Crippen LogP contribution in [0.3, 0.4) is 0 Å². The zero-order valence-corrected chi connectivity index (χ0v) is 21.6. The lowest BCUT2D eigenvalue weighted by Crippen LogP contribution is -2.32. The number of nitrogens with one attached hydrogen (secondary N) is 1. The van der Waals surface area contributed by atoms with Crippen molar-refractivity contribution in [3.8, 4) is 5.69 Å². The standard InChI is InChI=1S/C23H26Cl2N4O3S/c1-12(2)16-7-8-18(13(3)4)20(10-16)33(31,32)27-23(30)21-15(6)29(28-26-21)22-14(5)9-17(24)11-19(22)25/h7-13H,1-6H3,(H,27,30). The van der Waals surface area contributed by atoms with E-state index in [1.165, 1.54) is 4.68 Å². The van der Waals surface area contributed by atoms with Gasteiger partial charge in [0.15, 0.2) is 5.69 Å². The van der Waals surface area contributed by atoms with Gasteiger partial charge in [-0.1, -0.05) is 68.2 Å². The number of nitrogens with zero attached hydrogens (tertiary/aromatic N) is 3. The molecule has 0 fully saturated rings. The second kappa shape index (κ2) is 9.44. The Labute approximate surface area is 204 Å². The molecule has 0 aliphatic rings. The minimum Gasteiger partial charge on any atom is -0.266 e. The Balaban J connectivity index is 2.00. The highest BCUT2D eigenvalue weighted by molar-refractivity contribution is 7.90. The predicted molar refractivity (Wildman–Crippen MR) is 130 cm³/mol. The van der Waals surface area contributed by atoms with Crippen LogP contribution in [0.15, 0.2) is 35.2 Å². The van der Waals surface area contributed by atoms with Gasteiger partial charge in [-0.05, 0) is 60.6 Å². The number of halogens is 2. The summed E-state index contributed by atoms with van der Waals surface area (Å²) in [5.74, 6) is -0.790. The van der Waals surface area contributed by atoms with Gasteiger partial charge in [-0.2, -0.15) is 0 Å². The van der Waals surface area contributed by atoms with Gasteiger partial charge >= 0.3 is 0 Å². The Morgan fingerprint density at radius 3 is 2.27 bits per heavy atom. The SMILES string of the molecule is Cc1cc(Cl)cc(Cl)c1-n1nnc(C(=O)NS(=O)(=O)c2cc(C(C)C)ccc2C(C)C)c1C. The Morgan fingerprint density at radius 2 is 1.70 bits per heavy atom. The van der Waals surface area contributed by atoms with Gasteiger partial charge in [0.1, 0.15) is 0 Å². The number of rotatable bonds is 6. The second-order valence-electron chi connectivity index (χ2n) is 8.53. The summed E-state index contributed by atoms with van der Waals surface area (Å²) in [5.41, 5.74) is 2.96. The molecule has 3 aromatic rings. The number of amides is 1. The van der Waals surface area contributed by atoms with Crippen molar-refractivity contribution < 1.29 is 13.2 Å². The van der Waals surface area contributed by atoms with Crippen molar-refractivity contribution in [1.82, 2.24) is 19.7 Å². The van der Waals surface area contributed by atoms with E-state index in [9.17, 15) is 13.2 Å². The van der Waals surface area contributed by atoms with Crippen LogP contribution in [0, 0.1) is 13.8 Å². The first-order valence-corrected chi connectivity index (χ1v) is 12.7. The largest absolute Gasteiger partial charge is 0.287 e. The van der Waals surface area contributed by atoms with E-state index in [1.54, 1.807) is 38.1 Å². The number of aromatic nitrogens is 3. The third kappa shape index (κ3) is 5.08. The molecule has 0 bridgehead atoms. The molecule has 10 heteroatoms. The van der Waals surface area contributed by atoms with Crippen molar-refractivity contribution in [3.63, 3.8) is 0 Å². The number of carbonyl (C=O) groups excluding carboxylic acids is 1. The number of sulfonamides is 1. The molecule has 0 unspecified atom stereocenters. The molecular formula is C23H26Cl2N4O3S. The molecule has 0 radical (unpaired) electrons. The molecule has 33 heavy (non-hydrogen) atoms. The number of carbonyl (C=O) groups is 1. The molecule has 0 saturated carbocycles. The monoisotopic (exact) mass is 508 g/mol. The normalized spacial score (nSPS) is 11.9. The van der Waals surface area contributed by atoms with Gasteiger partial charge in [-0.25, -0.2) is 17.8 Å². The number of aryl methyl sites for hydroxylation is 1. The minimum atomic E-state index is -4.15. The van der Waals surface area contributed by atoms with Gasteiger partial charge in [0.05, 0.1) is 21.3 Å². The van der Waals surface area contributed by atoms with Gasteiger partial charge < -0.3 is 0 Å². The molecule has 0 spiro atoms. The molecule has 176 valence electrons. The summed E-state index contributed by atoms with van der Waals surface area (Å²) in [5, 5.41) is 8.75. The third-order valence-corrected chi connectivity index (χ3v) is 7.28. The van der Waals surface area contributed by atoms with Gasteiger partial charge in [0.2, 0.25) is 0 Å². The Kier molecular flexibility index (Phi) is 7.21. The molecule has 2 aromatic carbocycles. The highest BCUT2D eigenvalue weighted by Gasteiger charge is 2.27. The lowest BCUT2D eigenvalue weighted by atomic mass is 9.97. The topological polar surface area (TPSA) is 93.9 Å². The van der Waals surface area contributed by atoms with Crippen LogP contribution in [0.1, 0.15) is 72.4 Å². The summed E-state index contributed by atoms with van der Waals surface area (Å²) in [6.45, 7) is 11.2. The van der Waals surface area contributed by atoms with Crippen LogP contribution in [0.5, 0.6) is 0 Å². The van der Waals surface area contributed by atoms with Crippen molar-refractivity contribution in [2.45, 2.75) is 58.3 Å². The van der Waals surface area contributed by atoms with E-state index in [-0.39, 0.29) is 22.4 Å². The van der Waals surface area contributed by atoms with Crippen LogP contribution in [0.4, 0.5) is 0 Å². The van der Waals surface area contributed by atoms with Crippen LogP contribution in [-0.2, 0) is 10.0 Å². The summed E-state index contributed by atoms with van der Waals surface area (Å²) in [6.07, 6.45) is 0. The summed E-state index contributed by atoms with van der Waals surface area (Å²) in [6, 6.07) is 8.60. The Morgan fingerprint density at radius 1 is 1.03 bits per heavy atom. The van der Waals surface area contributed by atoms with E-state index in [2.05, 4.69) is 15.0 Å². The number of hydrogen-bond acceptors (Lipinski definition) is 5. The maximum absolute atomic E-state index is 13.2. The molecular weight excluding hydrogens is 483 g/mol. The van der Waals surface area contributed by atoms with Crippen LogP contribution in [0.2, 0.25) is 10.0 Å². The van der Waals surface area contributed by atoms with Crippen molar-refractivity contribution >= 4 is 39.1 Å². The maximum Gasteiger partial charge on any atom is 0.287 e. The fraction of sp³-hybridized carbons (Fsp3) is 0.348. The molecule has 3 rings (SSSR count). The average molecular weight is 509 g/mol. The first kappa shape index (κ1) is 25.2. The molecule has 0 aliphatic carbocycles. The van der Waals surface area contributed by atoms with E-state index in [1.807, 2.05) is 33.8 Å². The summed E-state index contributed by atoms with van der Waals surface area (Å²) in [7, 11) is -4.15. The zero-order chi connectivity index (χ0) is 24.7. The van der Waals surface area contributed by atoms with Gasteiger partial charge in [-0.15, -0.1) is 5.10 Å². The summed E-state index contributed by atoms with van der Waals surface area (Å²) >= 11 is 12.4.